The average Bonchev–Trinajstić information content (AvgIpc) is 3.10. The van der Waals surface area contributed by atoms with Gasteiger partial charge in [-0.15, -0.1) is 16.4 Å². The third-order valence-electron chi connectivity index (χ3n) is 2.66. The van der Waals surface area contributed by atoms with Crippen LogP contribution < -0.4 is 5.32 Å². The third-order valence-corrected chi connectivity index (χ3v) is 4.25. The van der Waals surface area contributed by atoms with Gasteiger partial charge in [0, 0.05) is 9.85 Å². The topological polar surface area (TPSA) is 80.9 Å². The van der Waals surface area contributed by atoms with Gasteiger partial charge in [-0.25, -0.2) is 4.98 Å². The second-order valence-corrected chi connectivity index (χ2v) is 6.63. The molecule has 0 aliphatic rings. The lowest BCUT2D eigenvalue weighted by Crippen LogP contribution is -2.12. The van der Waals surface area contributed by atoms with Crippen molar-refractivity contribution < 1.29 is 9.21 Å². The summed E-state index contributed by atoms with van der Waals surface area (Å²) in [5.74, 6) is -0.184. The van der Waals surface area contributed by atoms with Crippen molar-refractivity contribution in [2.75, 3.05) is 5.32 Å². The van der Waals surface area contributed by atoms with Gasteiger partial charge >= 0.3 is 6.01 Å². The normalized spacial score (nSPS) is 10.7. The van der Waals surface area contributed by atoms with E-state index < -0.39 is 5.91 Å². The van der Waals surface area contributed by atoms with E-state index in [1.807, 2.05) is 6.92 Å². The molecule has 1 aromatic carbocycles. The van der Waals surface area contributed by atoms with E-state index in [1.165, 1.54) is 11.3 Å². The molecule has 112 valence electrons. The summed E-state index contributed by atoms with van der Waals surface area (Å²) >= 11 is 10.8. The summed E-state index contributed by atoms with van der Waals surface area (Å²) in [5.41, 5.74) is 0.885. The van der Waals surface area contributed by atoms with Crippen molar-refractivity contribution in [1.29, 1.82) is 0 Å². The van der Waals surface area contributed by atoms with Crippen LogP contribution in [0, 0.1) is 6.92 Å². The van der Waals surface area contributed by atoms with E-state index in [0.717, 1.165) is 9.48 Å². The van der Waals surface area contributed by atoms with Gasteiger partial charge in [-0.3, -0.25) is 10.1 Å². The van der Waals surface area contributed by atoms with Gasteiger partial charge in [-0.2, -0.15) is 0 Å². The highest BCUT2D eigenvalue weighted by molar-refractivity contribution is 9.10. The fourth-order valence-corrected chi connectivity index (χ4v) is 2.83. The Morgan fingerprint density at radius 3 is 2.95 bits per heavy atom. The molecule has 1 N–H and O–H groups in total. The van der Waals surface area contributed by atoms with Gasteiger partial charge in [0.15, 0.2) is 0 Å². The molecule has 0 aliphatic carbocycles. The lowest BCUT2D eigenvalue weighted by molar-refractivity contribution is 0.102. The standard InChI is InChI=1S/C13H8BrClN4O2S/c1-6-16-10(5-22-6)12-18-19-13(21-12)17-11(20)8-4-7(14)2-3-9(8)15/h2-5H,1H3,(H,17,19,20). The molecule has 0 aliphatic heterocycles. The number of carbonyl (C=O) groups is 1. The average molecular weight is 400 g/mol. The van der Waals surface area contributed by atoms with Gasteiger partial charge in [0.2, 0.25) is 0 Å². The second-order valence-electron chi connectivity index (χ2n) is 4.24. The molecule has 0 atom stereocenters. The number of nitrogens with zero attached hydrogens (tertiary/aromatic N) is 3. The van der Waals surface area contributed by atoms with Crippen LogP contribution in [0.25, 0.3) is 11.6 Å². The maximum Gasteiger partial charge on any atom is 0.322 e. The number of hydrogen-bond donors (Lipinski definition) is 1. The predicted octanol–water partition coefficient (Wildman–Crippen LogP) is 4.17. The number of aryl methyl sites for hydroxylation is 1. The molecule has 1 amide bonds. The predicted molar refractivity (Wildman–Crippen MR) is 87.2 cm³/mol. The molecular weight excluding hydrogens is 392 g/mol. The lowest BCUT2D eigenvalue weighted by atomic mass is 10.2. The molecule has 0 saturated carbocycles. The highest BCUT2D eigenvalue weighted by atomic mass is 79.9. The number of hydrogen-bond acceptors (Lipinski definition) is 6. The highest BCUT2D eigenvalue weighted by Gasteiger charge is 2.16. The Balaban J connectivity index is 1.80. The van der Waals surface area contributed by atoms with Crippen molar-refractivity contribution in [1.82, 2.24) is 15.2 Å². The molecule has 0 bridgehead atoms. The SMILES string of the molecule is Cc1nc(-c2nnc(NC(=O)c3cc(Br)ccc3Cl)o2)cs1. The van der Waals surface area contributed by atoms with Crippen LogP contribution in [0.4, 0.5) is 6.01 Å². The van der Waals surface area contributed by atoms with Gasteiger partial charge in [0.25, 0.3) is 11.8 Å². The Hall–Kier alpha value is -1.77. The fourth-order valence-electron chi connectivity index (χ4n) is 1.67. The molecule has 9 heteroatoms. The maximum atomic E-state index is 12.2. The van der Waals surface area contributed by atoms with Crippen molar-refractivity contribution in [3.05, 3.63) is 43.6 Å². The summed E-state index contributed by atoms with van der Waals surface area (Å²) in [4.78, 5) is 16.4. The lowest BCUT2D eigenvalue weighted by Gasteiger charge is -2.03. The first-order chi connectivity index (χ1) is 10.5. The van der Waals surface area contributed by atoms with Crippen LogP contribution in [0.5, 0.6) is 0 Å². The molecular formula is C13H8BrClN4O2S. The van der Waals surface area contributed by atoms with Crippen LogP contribution >= 0.6 is 38.9 Å². The second kappa shape index (κ2) is 6.15. The summed E-state index contributed by atoms with van der Waals surface area (Å²) in [6.45, 7) is 1.88. The van der Waals surface area contributed by atoms with Crippen molar-refractivity contribution >= 4 is 50.8 Å². The third kappa shape index (κ3) is 3.18. The summed E-state index contributed by atoms with van der Waals surface area (Å²) < 4.78 is 6.12. The van der Waals surface area contributed by atoms with Gasteiger partial charge in [-0.05, 0) is 25.1 Å². The zero-order valence-electron chi connectivity index (χ0n) is 11.1. The molecule has 2 aromatic heterocycles. The minimum absolute atomic E-state index is 0.0123. The van der Waals surface area contributed by atoms with Crippen molar-refractivity contribution in [3.8, 4) is 11.6 Å². The number of nitrogens with one attached hydrogen (secondary N) is 1. The Bertz CT molecular complexity index is 848. The van der Waals surface area contributed by atoms with E-state index in [2.05, 4.69) is 36.4 Å². The molecule has 0 saturated heterocycles. The first kappa shape index (κ1) is 15.1. The quantitative estimate of drug-likeness (QED) is 0.715. The summed E-state index contributed by atoms with van der Waals surface area (Å²) in [7, 11) is 0. The van der Waals surface area contributed by atoms with Gasteiger partial charge < -0.3 is 4.42 Å². The molecule has 22 heavy (non-hydrogen) atoms. The largest absolute Gasteiger partial charge is 0.401 e. The van der Waals surface area contributed by atoms with E-state index in [0.29, 0.717) is 16.3 Å². The van der Waals surface area contributed by atoms with Gasteiger partial charge in [-0.1, -0.05) is 32.6 Å². The molecule has 3 rings (SSSR count). The van der Waals surface area contributed by atoms with Crippen molar-refractivity contribution in [2.45, 2.75) is 6.92 Å². The Labute approximate surface area is 142 Å². The summed E-state index contributed by atoms with van der Waals surface area (Å²) in [5, 5.41) is 13.2. The van der Waals surface area contributed by atoms with E-state index >= 15 is 0 Å². The number of halogens is 2. The van der Waals surface area contributed by atoms with Crippen LogP contribution in [0.2, 0.25) is 5.02 Å². The summed E-state index contributed by atoms with van der Waals surface area (Å²) in [6.07, 6.45) is 0. The van der Waals surface area contributed by atoms with Crippen LogP contribution in [0.1, 0.15) is 15.4 Å². The van der Waals surface area contributed by atoms with Crippen LogP contribution in [0.15, 0.2) is 32.5 Å². The van der Waals surface area contributed by atoms with Crippen LogP contribution in [-0.4, -0.2) is 21.1 Å². The molecule has 6 nitrogen and oxygen atoms in total. The highest BCUT2D eigenvalue weighted by Crippen LogP contribution is 2.24. The molecule has 0 unspecified atom stereocenters. The monoisotopic (exact) mass is 398 g/mol. The maximum absolute atomic E-state index is 12.2. The molecule has 2 heterocycles. The van der Waals surface area contributed by atoms with Gasteiger partial charge in [0.05, 0.1) is 15.6 Å². The van der Waals surface area contributed by atoms with E-state index in [-0.39, 0.29) is 11.9 Å². The first-order valence-corrected chi connectivity index (χ1v) is 8.10. The fraction of sp³-hybridized carbons (Fsp3) is 0.0769. The molecule has 0 fully saturated rings. The van der Waals surface area contributed by atoms with Crippen LogP contribution in [-0.2, 0) is 0 Å². The molecule has 0 radical (unpaired) electrons. The number of carbonyl (C=O) groups excluding carboxylic acids is 1. The van der Waals surface area contributed by atoms with E-state index in [9.17, 15) is 4.79 Å². The summed E-state index contributed by atoms with van der Waals surface area (Å²) in [6, 6.07) is 4.96. The van der Waals surface area contributed by atoms with Crippen molar-refractivity contribution in [2.24, 2.45) is 0 Å². The number of benzene rings is 1. The smallest absolute Gasteiger partial charge is 0.322 e. The molecule has 3 aromatic rings. The minimum atomic E-state index is -0.434. The minimum Gasteiger partial charge on any atom is -0.401 e. The first-order valence-electron chi connectivity index (χ1n) is 6.05. The number of anilines is 1. The number of rotatable bonds is 3. The van der Waals surface area contributed by atoms with Crippen LogP contribution in [0.3, 0.4) is 0 Å². The zero-order chi connectivity index (χ0) is 15.7. The van der Waals surface area contributed by atoms with Crippen molar-refractivity contribution in [3.63, 3.8) is 0 Å². The van der Waals surface area contributed by atoms with E-state index in [4.69, 9.17) is 16.0 Å². The van der Waals surface area contributed by atoms with E-state index in [1.54, 1.807) is 23.6 Å². The number of amides is 1. The number of thiazole rings is 1. The van der Waals surface area contributed by atoms with Gasteiger partial charge in [0.1, 0.15) is 5.69 Å². The molecule has 0 spiro atoms. The Kier molecular flexibility index (Phi) is 4.23. The zero-order valence-corrected chi connectivity index (χ0v) is 14.3. The Morgan fingerprint density at radius 2 is 2.23 bits per heavy atom. The number of aromatic nitrogens is 3. The Morgan fingerprint density at radius 1 is 1.41 bits per heavy atom.